The average molecular weight is 288 g/mol. The van der Waals surface area contributed by atoms with Crippen molar-refractivity contribution in [1.82, 2.24) is 15.0 Å². The largest absolute Gasteiger partial charge is 0.480 e. The molecule has 2 aromatic rings. The Kier molecular flexibility index (Phi) is 4.32. The smallest absolute Gasteiger partial charge is 0.316 e. The van der Waals surface area contributed by atoms with E-state index in [4.69, 9.17) is 9.47 Å². The summed E-state index contributed by atoms with van der Waals surface area (Å²) in [5.41, 5.74) is 2.13. The van der Waals surface area contributed by atoms with E-state index in [0.29, 0.717) is 22.6 Å². The van der Waals surface area contributed by atoms with Gasteiger partial charge in [-0.25, -0.2) is 4.98 Å². The van der Waals surface area contributed by atoms with Gasteiger partial charge >= 0.3 is 6.01 Å². The topological polar surface area (TPSA) is 86.2 Å². The molecule has 0 bridgehead atoms. The summed E-state index contributed by atoms with van der Waals surface area (Å²) < 4.78 is 10.1. The Balaban J connectivity index is 2.32. The van der Waals surface area contributed by atoms with E-state index < -0.39 is 0 Å². The van der Waals surface area contributed by atoms with Gasteiger partial charge in [-0.05, 0) is 26.0 Å². The fourth-order valence-electron chi connectivity index (χ4n) is 1.86. The maximum Gasteiger partial charge on any atom is 0.316 e. The number of aryl methyl sites for hydroxylation is 2. The first-order valence-corrected chi connectivity index (χ1v) is 6.26. The molecule has 0 unspecified atom stereocenters. The Morgan fingerprint density at radius 2 is 1.81 bits per heavy atom. The van der Waals surface area contributed by atoms with Gasteiger partial charge in [0.2, 0.25) is 5.88 Å². The number of hydrogen-bond acceptors (Lipinski definition) is 6. The molecule has 0 aliphatic carbocycles. The molecule has 7 heteroatoms. The van der Waals surface area contributed by atoms with Gasteiger partial charge in [0.25, 0.3) is 5.91 Å². The maximum atomic E-state index is 12.3. The van der Waals surface area contributed by atoms with Crippen LogP contribution in [0.1, 0.15) is 21.7 Å². The highest BCUT2D eigenvalue weighted by molar-refractivity contribution is 6.06. The van der Waals surface area contributed by atoms with Crippen molar-refractivity contribution in [3.63, 3.8) is 0 Å². The Bertz CT molecular complexity index is 650. The van der Waals surface area contributed by atoms with E-state index in [2.05, 4.69) is 20.3 Å². The number of aromatic nitrogens is 3. The van der Waals surface area contributed by atoms with Crippen LogP contribution in [0.3, 0.4) is 0 Å². The summed E-state index contributed by atoms with van der Waals surface area (Å²) in [5.74, 6) is -0.0698. The molecular formula is C14H16N4O3. The fourth-order valence-corrected chi connectivity index (χ4v) is 1.86. The fraction of sp³-hybridized carbons (Fsp3) is 0.286. The van der Waals surface area contributed by atoms with Gasteiger partial charge in [-0.1, -0.05) is 0 Å². The van der Waals surface area contributed by atoms with Crippen LogP contribution in [0.25, 0.3) is 0 Å². The maximum absolute atomic E-state index is 12.3. The molecule has 0 atom stereocenters. The Morgan fingerprint density at radius 3 is 2.38 bits per heavy atom. The summed E-state index contributed by atoms with van der Waals surface area (Å²) in [4.78, 5) is 24.6. The van der Waals surface area contributed by atoms with E-state index in [9.17, 15) is 4.79 Å². The number of hydrogen-bond donors (Lipinski definition) is 1. The lowest BCUT2D eigenvalue weighted by Crippen LogP contribution is -2.16. The van der Waals surface area contributed by atoms with Crippen molar-refractivity contribution in [3.05, 3.63) is 35.3 Å². The highest BCUT2D eigenvalue weighted by atomic mass is 16.5. The number of nitrogens with one attached hydrogen (secondary N) is 1. The van der Waals surface area contributed by atoms with E-state index in [1.165, 1.54) is 14.2 Å². The van der Waals surface area contributed by atoms with Crippen LogP contribution in [0.15, 0.2) is 18.3 Å². The molecule has 2 heterocycles. The van der Waals surface area contributed by atoms with Crippen LogP contribution in [0, 0.1) is 13.8 Å². The minimum Gasteiger partial charge on any atom is -0.480 e. The Morgan fingerprint density at radius 1 is 1.14 bits per heavy atom. The third-order valence-corrected chi connectivity index (χ3v) is 2.88. The summed E-state index contributed by atoms with van der Waals surface area (Å²) in [5, 5.41) is 2.78. The van der Waals surface area contributed by atoms with Crippen LogP contribution < -0.4 is 14.8 Å². The van der Waals surface area contributed by atoms with Crippen molar-refractivity contribution >= 4 is 11.6 Å². The van der Waals surface area contributed by atoms with E-state index in [-0.39, 0.29) is 17.8 Å². The number of ether oxygens (including phenoxy) is 2. The quantitative estimate of drug-likeness (QED) is 0.922. The zero-order valence-corrected chi connectivity index (χ0v) is 12.3. The summed E-state index contributed by atoms with van der Waals surface area (Å²) in [6.45, 7) is 3.54. The number of carbonyl (C=O) groups excluding carboxylic acids is 1. The first-order chi connectivity index (χ1) is 10.1. The molecule has 0 fully saturated rings. The minimum atomic E-state index is -0.333. The van der Waals surface area contributed by atoms with Crippen LogP contribution in [0.5, 0.6) is 11.9 Å². The molecule has 1 amide bonds. The number of pyridine rings is 1. The summed E-state index contributed by atoms with van der Waals surface area (Å²) in [6.07, 6.45) is 1.56. The first kappa shape index (κ1) is 14.7. The molecule has 0 spiro atoms. The summed E-state index contributed by atoms with van der Waals surface area (Å²) in [6, 6.07) is 3.57. The van der Waals surface area contributed by atoms with Crippen LogP contribution >= 0.6 is 0 Å². The molecule has 2 rings (SSSR count). The number of anilines is 1. The lowest BCUT2D eigenvalue weighted by atomic mass is 10.2. The van der Waals surface area contributed by atoms with Gasteiger partial charge in [-0.15, -0.1) is 0 Å². The molecular weight excluding hydrogens is 272 g/mol. The number of carbonyl (C=O) groups is 1. The molecule has 110 valence electrons. The minimum absolute atomic E-state index is 0.264. The average Bonchev–Trinajstić information content (AvgIpc) is 2.50. The van der Waals surface area contributed by atoms with Gasteiger partial charge < -0.3 is 14.8 Å². The molecule has 21 heavy (non-hydrogen) atoms. The molecule has 7 nitrogen and oxygen atoms in total. The van der Waals surface area contributed by atoms with E-state index >= 15 is 0 Å². The van der Waals surface area contributed by atoms with Crippen molar-refractivity contribution in [2.45, 2.75) is 13.8 Å². The van der Waals surface area contributed by atoms with E-state index in [1.807, 2.05) is 0 Å². The SMILES string of the molecule is COc1nc(C)c(NC(=O)c2cccnc2OC)c(C)n1. The van der Waals surface area contributed by atoms with Gasteiger partial charge in [0.15, 0.2) is 0 Å². The Labute approximate surface area is 122 Å². The van der Waals surface area contributed by atoms with Gasteiger partial charge in [-0.2, -0.15) is 9.97 Å². The van der Waals surface area contributed by atoms with Gasteiger partial charge in [0.1, 0.15) is 5.56 Å². The van der Waals surface area contributed by atoms with Crippen molar-refractivity contribution in [2.24, 2.45) is 0 Å². The normalized spacial score (nSPS) is 10.1. The van der Waals surface area contributed by atoms with E-state index in [0.717, 1.165) is 0 Å². The van der Waals surface area contributed by atoms with Crippen LogP contribution in [0.2, 0.25) is 0 Å². The highest BCUT2D eigenvalue weighted by Crippen LogP contribution is 2.22. The molecule has 0 saturated carbocycles. The molecule has 0 aromatic carbocycles. The zero-order valence-electron chi connectivity index (χ0n) is 12.3. The third-order valence-electron chi connectivity index (χ3n) is 2.88. The van der Waals surface area contributed by atoms with Crippen LogP contribution in [-0.2, 0) is 0 Å². The lowest BCUT2D eigenvalue weighted by Gasteiger charge is -2.12. The predicted octanol–water partition coefficient (Wildman–Crippen LogP) is 1.76. The van der Waals surface area contributed by atoms with Crippen LogP contribution in [-0.4, -0.2) is 35.1 Å². The number of nitrogens with zero attached hydrogens (tertiary/aromatic N) is 3. The van der Waals surface area contributed by atoms with E-state index in [1.54, 1.807) is 32.2 Å². The van der Waals surface area contributed by atoms with Gasteiger partial charge in [-0.3, -0.25) is 4.79 Å². The molecule has 0 aliphatic rings. The molecule has 0 radical (unpaired) electrons. The van der Waals surface area contributed by atoms with Crippen molar-refractivity contribution in [3.8, 4) is 11.9 Å². The Hall–Kier alpha value is -2.70. The van der Waals surface area contributed by atoms with Gasteiger partial charge in [0, 0.05) is 6.20 Å². The summed E-state index contributed by atoms with van der Waals surface area (Å²) >= 11 is 0. The van der Waals surface area contributed by atoms with Crippen molar-refractivity contribution in [2.75, 3.05) is 19.5 Å². The first-order valence-electron chi connectivity index (χ1n) is 6.26. The monoisotopic (exact) mass is 288 g/mol. The van der Waals surface area contributed by atoms with Crippen molar-refractivity contribution in [1.29, 1.82) is 0 Å². The lowest BCUT2D eigenvalue weighted by molar-refractivity contribution is 0.102. The molecule has 0 saturated heterocycles. The highest BCUT2D eigenvalue weighted by Gasteiger charge is 2.16. The van der Waals surface area contributed by atoms with Crippen molar-refractivity contribution < 1.29 is 14.3 Å². The third kappa shape index (κ3) is 3.07. The second kappa shape index (κ2) is 6.17. The van der Waals surface area contributed by atoms with Crippen LogP contribution in [0.4, 0.5) is 5.69 Å². The molecule has 2 aromatic heterocycles. The molecule has 0 aliphatic heterocycles. The zero-order chi connectivity index (χ0) is 15.4. The standard InChI is InChI=1S/C14H16N4O3/c1-8-11(9(2)17-14(16-8)21-4)18-12(19)10-6-5-7-15-13(10)20-3/h5-7H,1-4H3,(H,18,19). The second-order valence-electron chi connectivity index (χ2n) is 4.27. The van der Waals surface area contributed by atoms with Gasteiger partial charge in [0.05, 0.1) is 31.3 Å². The second-order valence-corrected chi connectivity index (χ2v) is 4.27. The number of methoxy groups -OCH3 is 2. The number of rotatable bonds is 4. The molecule has 1 N–H and O–H groups in total. The number of amides is 1. The predicted molar refractivity (Wildman–Crippen MR) is 76.8 cm³/mol. The summed E-state index contributed by atoms with van der Waals surface area (Å²) in [7, 11) is 2.96.